The van der Waals surface area contributed by atoms with Crippen LogP contribution in [0.25, 0.3) is 11.6 Å². The Morgan fingerprint density at radius 1 is 1.28 bits per heavy atom. The van der Waals surface area contributed by atoms with E-state index in [4.69, 9.17) is 21.4 Å². The molecule has 0 N–H and O–H groups in total. The number of benzene rings is 1. The van der Waals surface area contributed by atoms with Gasteiger partial charge in [-0.1, -0.05) is 6.07 Å². The van der Waals surface area contributed by atoms with Gasteiger partial charge in [0, 0.05) is 13.1 Å². The molecule has 2 heterocycles. The third-order valence-corrected chi connectivity index (χ3v) is 4.68. The van der Waals surface area contributed by atoms with E-state index in [0.29, 0.717) is 36.1 Å². The molecule has 3 rings (SSSR count). The molecular weight excluding hydrogens is 402 g/mol. The van der Waals surface area contributed by atoms with E-state index in [1.54, 1.807) is 29.1 Å². The molecule has 0 saturated heterocycles. The normalized spacial score (nSPS) is 11.4. The van der Waals surface area contributed by atoms with E-state index < -0.39 is 6.61 Å². The Hall–Kier alpha value is -2.72. The smallest absolute Gasteiger partial charge is 0.387 e. The molecule has 2 aromatic heterocycles. The van der Waals surface area contributed by atoms with Crippen molar-refractivity contribution in [1.82, 2.24) is 19.2 Å². The summed E-state index contributed by atoms with van der Waals surface area (Å²) in [7, 11) is 3.32. The molecule has 7 nitrogen and oxygen atoms in total. The minimum Gasteiger partial charge on any atom is -0.493 e. The molecule has 0 radical (unpaired) electrons. The number of alkyl halides is 2. The number of hydrogen-bond donors (Lipinski definition) is 0. The lowest BCUT2D eigenvalue weighted by molar-refractivity contribution is -0.0512. The van der Waals surface area contributed by atoms with Crippen molar-refractivity contribution in [1.29, 1.82) is 0 Å². The average Bonchev–Trinajstić information content (AvgIpc) is 3.31. The predicted octanol–water partition coefficient (Wildman–Crippen LogP) is 4.39. The van der Waals surface area contributed by atoms with Gasteiger partial charge in [-0.3, -0.25) is 9.47 Å². The van der Waals surface area contributed by atoms with Gasteiger partial charge in [-0.15, -0.1) is 5.10 Å². The Balaban J connectivity index is 1.76. The second kappa shape index (κ2) is 9.19. The average molecular weight is 424 g/mol. The maximum absolute atomic E-state index is 12.5. The Labute approximate surface area is 172 Å². The van der Waals surface area contributed by atoms with E-state index in [1.807, 2.05) is 29.5 Å². The van der Waals surface area contributed by atoms with E-state index in [0.717, 1.165) is 5.56 Å². The molecule has 0 amide bonds. The van der Waals surface area contributed by atoms with Gasteiger partial charge in [0.25, 0.3) is 0 Å². The third kappa shape index (κ3) is 4.83. The van der Waals surface area contributed by atoms with E-state index in [1.165, 1.54) is 13.2 Å². The van der Waals surface area contributed by atoms with Gasteiger partial charge in [-0.25, -0.2) is 4.68 Å². The van der Waals surface area contributed by atoms with Crippen LogP contribution in [0.3, 0.4) is 0 Å². The Morgan fingerprint density at radius 2 is 2.07 bits per heavy atom. The zero-order valence-corrected chi connectivity index (χ0v) is 17.2. The highest BCUT2D eigenvalue weighted by atomic mass is 32.1. The highest BCUT2D eigenvalue weighted by Crippen LogP contribution is 2.30. The van der Waals surface area contributed by atoms with E-state index >= 15 is 0 Å². The molecule has 0 aliphatic rings. The Morgan fingerprint density at radius 3 is 2.69 bits per heavy atom. The Bertz CT molecular complexity index is 1000. The van der Waals surface area contributed by atoms with Crippen molar-refractivity contribution in [3.63, 3.8) is 0 Å². The van der Waals surface area contributed by atoms with Crippen LogP contribution in [0.4, 0.5) is 8.78 Å². The van der Waals surface area contributed by atoms with Crippen molar-refractivity contribution >= 4 is 12.2 Å². The summed E-state index contributed by atoms with van der Waals surface area (Å²) in [6, 6.07) is 8.51. The van der Waals surface area contributed by atoms with Crippen LogP contribution in [-0.4, -0.2) is 40.0 Å². The molecule has 29 heavy (non-hydrogen) atoms. The molecule has 0 aliphatic heterocycles. The standard InChI is InChI=1S/C19H22F2N4O3S/c1-4-24-17(15-6-5-9-27-15)22-25(19(24)29)12-23(2)11-13-7-8-14(28-18(20)21)16(10-13)26-3/h5-10,18H,4,11-12H2,1-3H3. The van der Waals surface area contributed by atoms with Gasteiger partial charge in [0.05, 0.1) is 20.0 Å². The largest absolute Gasteiger partial charge is 0.493 e. The number of aromatic nitrogens is 3. The molecule has 0 aliphatic carbocycles. The van der Waals surface area contributed by atoms with Gasteiger partial charge in [0.1, 0.15) is 0 Å². The monoisotopic (exact) mass is 424 g/mol. The fraction of sp³-hybridized carbons (Fsp3) is 0.368. The zero-order valence-electron chi connectivity index (χ0n) is 16.3. The van der Waals surface area contributed by atoms with Crippen molar-refractivity contribution in [2.75, 3.05) is 14.2 Å². The molecule has 0 saturated carbocycles. The van der Waals surface area contributed by atoms with Gasteiger partial charge < -0.3 is 13.9 Å². The van der Waals surface area contributed by atoms with Crippen molar-refractivity contribution < 1.29 is 22.7 Å². The lowest BCUT2D eigenvalue weighted by Gasteiger charge is -2.18. The summed E-state index contributed by atoms with van der Waals surface area (Å²) in [6.07, 6.45) is 1.60. The lowest BCUT2D eigenvalue weighted by atomic mass is 10.2. The minimum atomic E-state index is -2.91. The quantitative estimate of drug-likeness (QED) is 0.475. The van der Waals surface area contributed by atoms with Crippen LogP contribution in [0.5, 0.6) is 11.5 Å². The predicted molar refractivity (Wildman–Crippen MR) is 106 cm³/mol. The third-order valence-electron chi connectivity index (χ3n) is 4.25. The van der Waals surface area contributed by atoms with Gasteiger partial charge >= 0.3 is 6.61 Å². The molecule has 0 bridgehead atoms. The molecular formula is C19H22F2N4O3S. The summed E-state index contributed by atoms with van der Waals surface area (Å²) >= 11 is 5.55. The van der Waals surface area contributed by atoms with E-state index in [2.05, 4.69) is 9.84 Å². The molecule has 3 aromatic rings. The number of furan rings is 1. The Kier molecular flexibility index (Phi) is 6.65. The summed E-state index contributed by atoms with van der Waals surface area (Å²) in [6.45, 7) is 0.727. The lowest BCUT2D eigenvalue weighted by Crippen LogP contribution is -2.22. The van der Waals surface area contributed by atoms with Crippen LogP contribution in [0.15, 0.2) is 41.0 Å². The molecule has 156 valence electrons. The first-order valence-corrected chi connectivity index (χ1v) is 9.35. The summed E-state index contributed by atoms with van der Waals surface area (Å²) in [5.41, 5.74) is 0.874. The number of halogens is 2. The second-order valence-electron chi connectivity index (χ2n) is 6.35. The summed E-state index contributed by atoms with van der Waals surface area (Å²) < 4.78 is 44.2. The van der Waals surface area contributed by atoms with Crippen molar-refractivity contribution in [3.8, 4) is 23.1 Å². The molecule has 0 atom stereocenters. The zero-order chi connectivity index (χ0) is 21.0. The van der Waals surface area contributed by atoms with Crippen LogP contribution in [0, 0.1) is 4.77 Å². The fourth-order valence-electron chi connectivity index (χ4n) is 3.00. The van der Waals surface area contributed by atoms with Gasteiger partial charge in [0.15, 0.2) is 27.9 Å². The van der Waals surface area contributed by atoms with Gasteiger partial charge in [-0.2, -0.15) is 8.78 Å². The molecule has 0 fully saturated rings. The molecule has 1 aromatic carbocycles. The van der Waals surface area contributed by atoms with E-state index in [-0.39, 0.29) is 11.5 Å². The second-order valence-corrected chi connectivity index (χ2v) is 6.71. The highest BCUT2D eigenvalue weighted by Gasteiger charge is 2.16. The SMILES string of the molecule is CCn1c(-c2ccco2)nn(CN(C)Cc2ccc(OC(F)F)c(OC)c2)c1=S. The molecule has 10 heteroatoms. The van der Waals surface area contributed by atoms with Crippen molar-refractivity contribution in [3.05, 3.63) is 46.9 Å². The van der Waals surface area contributed by atoms with Crippen molar-refractivity contribution in [2.45, 2.75) is 33.3 Å². The van der Waals surface area contributed by atoms with Gasteiger partial charge in [0.2, 0.25) is 0 Å². The number of methoxy groups -OCH3 is 1. The summed E-state index contributed by atoms with van der Waals surface area (Å²) in [4.78, 5) is 2.00. The number of hydrogen-bond acceptors (Lipinski definition) is 6. The van der Waals surface area contributed by atoms with Crippen molar-refractivity contribution in [2.24, 2.45) is 0 Å². The number of rotatable bonds is 9. The summed E-state index contributed by atoms with van der Waals surface area (Å²) in [5, 5.41) is 4.60. The number of ether oxygens (including phenoxy) is 2. The fourth-order valence-corrected chi connectivity index (χ4v) is 3.31. The van der Waals surface area contributed by atoms with Crippen LogP contribution in [0.2, 0.25) is 0 Å². The maximum Gasteiger partial charge on any atom is 0.387 e. The first kappa shape index (κ1) is 21.0. The van der Waals surface area contributed by atoms with E-state index in [9.17, 15) is 8.78 Å². The molecule has 0 spiro atoms. The highest BCUT2D eigenvalue weighted by molar-refractivity contribution is 7.71. The van der Waals surface area contributed by atoms with Crippen LogP contribution in [0.1, 0.15) is 12.5 Å². The topological polar surface area (TPSA) is 57.6 Å². The molecule has 0 unspecified atom stereocenters. The first-order chi connectivity index (χ1) is 13.9. The number of nitrogens with zero attached hydrogens (tertiary/aromatic N) is 4. The minimum absolute atomic E-state index is 0.000834. The van der Waals surface area contributed by atoms with Crippen LogP contribution >= 0.6 is 12.2 Å². The summed E-state index contributed by atoms with van der Waals surface area (Å²) in [5.74, 6) is 1.58. The van der Waals surface area contributed by atoms with Crippen LogP contribution < -0.4 is 9.47 Å². The van der Waals surface area contributed by atoms with Crippen LogP contribution in [-0.2, 0) is 19.8 Å². The van der Waals surface area contributed by atoms with Gasteiger partial charge in [-0.05, 0) is 56.0 Å². The first-order valence-electron chi connectivity index (χ1n) is 8.94. The maximum atomic E-state index is 12.5.